The van der Waals surface area contributed by atoms with E-state index in [1.807, 2.05) is 6.07 Å². The van der Waals surface area contributed by atoms with Gasteiger partial charge in [-0.25, -0.2) is 27.7 Å². The third kappa shape index (κ3) is 3.69. The maximum absolute atomic E-state index is 11.7. The Morgan fingerprint density at radius 1 is 1.30 bits per heavy atom. The molecule has 0 bridgehead atoms. The minimum atomic E-state index is -3.21. The predicted octanol–water partition coefficient (Wildman–Crippen LogP) is 0.833. The lowest BCUT2D eigenvalue weighted by atomic mass is 10.1. The maximum Gasteiger partial charge on any atom is 0.224 e. The summed E-state index contributed by atoms with van der Waals surface area (Å²) >= 11 is 0. The Kier molecular flexibility index (Phi) is 4.40. The van der Waals surface area contributed by atoms with Crippen LogP contribution in [0.5, 0.6) is 0 Å². The number of fused-ring (bicyclic) bond motifs is 1. The van der Waals surface area contributed by atoms with E-state index in [4.69, 9.17) is 5.73 Å². The van der Waals surface area contributed by atoms with Gasteiger partial charge in [0.15, 0.2) is 5.65 Å². The Labute approximate surface area is 156 Å². The zero-order valence-corrected chi connectivity index (χ0v) is 15.6. The summed E-state index contributed by atoms with van der Waals surface area (Å²) in [4.78, 5) is 20.4. The van der Waals surface area contributed by atoms with E-state index in [0.29, 0.717) is 35.9 Å². The number of aromatic amines is 1. The van der Waals surface area contributed by atoms with E-state index in [0.717, 1.165) is 18.4 Å². The Bertz CT molecular complexity index is 1080. The number of nitrogen functional groups attached to an aromatic ring is 1. The van der Waals surface area contributed by atoms with Crippen LogP contribution in [0.4, 0.5) is 11.8 Å². The van der Waals surface area contributed by atoms with E-state index in [1.165, 1.54) is 10.6 Å². The van der Waals surface area contributed by atoms with Crippen molar-refractivity contribution in [3.8, 4) is 11.3 Å². The van der Waals surface area contributed by atoms with Crippen molar-refractivity contribution in [2.24, 2.45) is 0 Å². The molecule has 0 amide bonds. The monoisotopic (exact) mass is 388 g/mol. The molecule has 4 N–H and O–H groups in total. The highest BCUT2D eigenvalue weighted by molar-refractivity contribution is 7.88. The van der Waals surface area contributed by atoms with Gasteiger partial charge < -0.3 is 16.0 Å². The fourth-order valence-corrected chi connectivity index (χ4v) is 4.08. The van der Waals surface area contributed by atoms with Crippen LogP contribution in [0.2, 0.25) is 0 Å². The first-order valence-corrected chi connectivity index (χ1v) is 10.4. The Morgan fingerprint density at radius 2 is 2.15 bits per heavy atom. The minimum absolute atomic E-state index is 0.0604. The lowest BCUT2D eigenvalue weighted by Crippen LogP contribution is -2.44. The van der Waals surface area contributed by atoms with Crippen LogP contribution < -0.4 is 11.1 Å². The van der Waals surface area contributed by atoms with Gasteiger partial charge in [0.05, 0.1) is 23.7 Å². The lowest BCUT2D eigenvalue weighted by Gasteiger charge is -2.31. The molecule has 10 nitrogen and oxygen atoms in total. The summed E-state index contributed by atoms with van der Waals surface area (Å²) in [5.41, 5.74) is 8.72. The maximum atomic E-state index is 11.7. The molecule has 3 aromatic rings. The summed E-state index contributed by atoms with van der Waals surface area (Å²) in [6, 6.07) is 1.77. The van der Waals surface area contributed by atoms with Crippen molar-refractivity contribution in [1.29, 1.82) is 0 Å². The van der Waals surface area contributed by atoms with Crippen LogP contribution in [0.25, 0.3) is 22.4 Å². The van der Waals surface area contributed by atoms with Crippen molar-refractivity contribution >= 4 is 33.0 Å². The van der Waals surface area contributed by atoms with Crippen molar-refractivity contribution < 1.29 is 8.42 Å². The third-order valence-corrected chi connectivity index (χ3v) is 5.81. The number of rotatable bonds is 4. The predicted molar refractivity (Wildman–Crippen MR) is 102 cm³/mol. The van der Waals surface area contributed by atoms with Crippen LogP contribution in [-0.2, 0) is 10.0 Å². The average Bonchev–Trinajstić information content (AvgIpc) is 3.09. The highest BCUT2D eigenvalue weighted by Crippen LogP contribution is 2.24. The van der Waals surface area contributed by atoms with Crippen LogP contribution in [-0.4, -0.2) is 63.0 Å². The summed E-state index contributed by atoms with van der Waals surface area (Å²) in [7, 11) is -3.21. The Morgan fingerprint density at radius 3 is 2.93 bits per heavy atom. The molecule has 0 aliphatic carbocycles. The summed E-state index contributed by atoms with van der Waals surface area (Å²) in [6.45, 7) is 0.929. The highest BCUT2D eigenvalue weighted by Gasteiger charge is 2.26. The van der Waals surface area contributed by atoms with E-state index < -0.39 is 10.0 Å². The molecule has 0 radical (unpaired) electrons. The number of aromatic nitrogens is 5. The molecule has 0 spiro atoms. The smallest absolute Gasteiger partial charge is 0.224 e. The van der Waals surface area contributed by atoms with Crippen molar-refractivity contribution in [2.45, 2.75) is 18.9 Å². The van der Waals surface area contributed by atoms with E-state index in [2.05, 4.69) is 30.2 Å². The van der Waals surface area contributed by atoms with Crippen LogP contribution >= 0.6 is 0 Å². The molecule has 0 aromatic carbocycles. The first kappa shape index (κ1) is 17.6. The molecular formula is C16H20N8O2S. The van der Waals surface area contributed by atoms with Crippen LogP contribution in [0, 0.1) is 0 Å². The zero-order valence-electron chi connectivity index (χ0n) is 14.8. The largest absolute Gasteiger partial charge is 0.383 e. The van der Waals surface area contributed by atoms with Gasteiger partial charge in [0.1, 0.15) is 11.3 Å². The second-order valence-corrected chi connectivity index (χ2v) is 8.55. The van der Waals surface area contributed by atoms with Crippen molar-refractivity contribution in [3.63, 3.8) is 0 Å². The Balaban J connectivity index is 1.53. The van der Waals surface area contributed by atoms with Gasteiger partial charge in [-0.1, -0.05) is 0 Å². The summed E-state index contributed by atoms with van der Waals surface area (Å²) in [5, 5.41) is 3.18. The standard InChI is InChI=1S/C16H20N8O2S/c1-27(25,26)24-6-2-3-10(9-24)21-16-20-7-11(14(17)23-16)13-8-19-15-12(22-13)4-5-18-15/h4-5,7-8,10H,2-3,6,9H2,1H3,(H,18,19)(H3,17,20,21,23)/t10-/m0/s1. The van der Waals surface area contributed by atoms with Gasteiger partial charge in [-0.2, -0.15) is 4.98 Å². The molecule has 27 heavy (non-hydrogen) atoms. The first-order chi connectivity index (χ1) is 12.9. The fourth-order valence-electron chi connectivity index (χ4n) is 3.17. The molecular weight excluding hydrogens is 368 g/mol. The number of sulfonamides is 1. The molecule has 1 saturated heterocycles. The molecule has 1 aliphatic rings. The van der Waals surface area contributed by atoms with Gasteiger partial charge in [-0.3, -0.25) is 0 Å². The van der Waals surface area contributed by atoms with Gasteiger partial charge in [-0.05, 0) is 18.9 Å². The number of hydrogen-bond donors (Lipinski definition) is 3. The lowest BCUT2D eigenvalue weighted by molar-refractivity contribution is 0.328. The Hall–Kier alpha value is -2.79. The SMILES string of the molecule is CS(=O)(=O)N1CCC[C@H](Nc2ncc(-c3cnc4[nH]ccc4n3)c(N)n2)C1. The van der Waals surface area contributed by atoms with Crippen molar-refractivity contribution in [2.75, 3.05) is 30.4 Å². The number of hydrogen-bond acceptors (Lipinski definition) is 8. The molecule has 0 saturated carbocycles. The molecule has 4 rings (SSSR count). The van der Waals surface area contributed by atoms with E-state index in [9.17, 15) is 8.42 Å². The molecule has 4 heterocycles. The molecule has 1 aliphatic heterocycles. The molecule has 11 heteroatoms. The van der Waals surface area contributed by atoms with Gasteiger partial charge in [0.25, 0.3) is 0 Å². The van der Waals surface area contributed by atoms with Gasteiger partial charge >= 0.3 is 0 Å². The number of anilines is 2. The van der Waals surface area contributed by atoms with Gasteiger partial charge in [-0.15, -0.1) is 0 Å². The molecule has 1 atom stereocenters. The van der Waals surface area contributed by atoms with E-state index >= 15 is 0 Å². The second-order valence-electron chi connectivity index (χ2n) is 6.56. The number of H-pyrrole nitrogens is 1. The number of piperidine rings is 1. The van der Waals surface area contributed by atoms with Gasteiger partial charge in [0.2, 0.25) is 16.0 Å². The highest BCUT2D eigenvalue weighted by atomic mass is 32.2. The summed E-state index contributed by atoms with van der Waals surface area (Å²) in [5.74, 6) is 0.653. The third-order valence-electron chi connectivity index (χ3n) is 4.54. The molecule has 3 aromatic heterocycles. The zero-order chi connectivity index (χ0) is 19.0. The van der Waals surface area contributed by atoms with Gasteiger partial charge in [0, 0.05) is 31.5 Å². The van der Waals surface area contributed by atoms with E-state index in [1.54, 1.807) is 18.6 Å². The summed E-state index contributed by atoms with van der Waals surface area (Å²) < 4.78 is 25.0. The van der Waals surface area contributed by atoms with Crippen LogP contribution in [0.3, 0.4) is 0 Å². The fraction of sp³-hybridized carbons (Fsp3) is 0.375. The topological polar surface area (TPSA) is 143 Å². The number of nitrogens with zero attached hydrogens (tertiary/aromatic N) is 5. The average molecular weight is 388 g/mol. The summed E-state index contributed by atoms with van der Waals surface area (Å²) in [6.07, 6.45) is 7.83. The first-order valence-electron chi connectivity index (χ1n) is 8.55. The number of nitrogens with one attached hydrogen (secondary N) is 2. The number of nitrogens with two attached hydrogens (primary N) is 1. The van der Waals surface area contributed by atoms with E-state index in [-0.39, 0.29) is 11.9 Å². The normalized spacial score (nSPS) is 18.6. The van der Waals surface area contributed by atoms with Crippen LogP contribution in [0.1, 0.15) is 12.8 Å². The molecule has 0 unspecified atom stereocenters. The van der Waals surface area contributed by atoms with Crippen molar-refractivity contribution in [3.05, 3.63) is 24.7 Å². The minimum Gasteiger partial charge on any atom is -0.383 e. The molecule has 142 valence electrons. The van der Waals surface area contributed by atoms with Crippen LogP contribution in [0.15, 0.2) is 24.7 Å². The molecule has 1 fully saturated rings. The van der Waals surface area contributed by atoms with Crippen molar-refractivity contribution in [1.82, 2.24) is 29.2 Å². The second kappa shape index (κ2) is 6.74. The quantitative estimate of drug-likeness (QED) is 0.596.